The van der Waals surface area contributed by atoms with Gasteiger partial charge in [-0.3, -0.25) is 9.69 Å². The average molecular weight is 528 g/mol. The number of thiophene rings is 1. The van der Waals surface area contributed by atoms with Gasteiger partial charge in [-0.1, -0.05) is 54.6 Å². The van der Waals surface area contributed by atoms with Crippen LogP contribution in [0.25, 0.3) is 20.7 Å². The standard InChI is InChI=1S/C30H33N5O2S/c1-20-31-25-17-27(38-28(25)29(32-20)33-26(19-36)22-5-3-2-4-6-22)23-9-7-21(8-10-23)18-34-13-15-35(16-14-34)30(37)24-11-12-24/h2-10,17,24,26,36H,11-16,18-19H2,1H3,(H,31,32,33)/t26-/m1/s1. The van der Waals surface area contributed by atoms with Crippen LogP contribution in [0.5, 0.6) is 0 Å². The maximum absolute atomic E-state index is 12.3. The summed E-state index contributed by atoms with van der Waals surface area (Å²) in [4.78, 5) is 27.3. The number of piperazine rings is 1. The number of nitrogens with one attached hydrogen (secondary N) is 1. The summed E-state index contributed by atoms with van der Waals surface area (Å²) in [6.45, 7) is 6.32. The molecule has 1 aliphatic heterocycles. The van der Waals surface area contributed by atoms with Gasteiger partial charge in [0.15, 0.2) is 0 Å². The van der Waals surface area contributed by atoms with E-state index in [1.165, 1.54) is 5.56 Å². The third-order valence-corrected chi connectivity index (χ3v) is 8.61. The van der Waals surface area contributed by atoms with Crippen LogP contribution in [0.1, 0.15) is 35.8 Å². The molecular formula is C30H33N5O2S. The number of hydrogen-bond acceptors (Lipinski definition) is 7. The molecule has 2 aromatic heterocycles. The molecule has 1 saturated heterocycles. The van der Waals surface area contributed by atoms with E-state index in [0.717, 1.165) is 77.6 Å². The van der Waals surface area contributed by atoms with Gasteiger partial charge in [-0.15, -0.1) is 11.3 Å². The molecule has 7 nitrogen and oxygen atoms in total. The first-order chi connectivity index (χ1) is 18.6. The molecule has 0 bridgehead atoms. The summed E-state index contributed by atoms with van der Waals surface area (Å²) >= 11 is 1.67. The van der Waals surface area contributed by atoms with Crippen molar-refractivity contribution >= 4 is 33.3 Å². The van der Waals surface area contributed by atoms with E-state index in [1.54, 1.807) is 11.3 Å². The molecule has 196 valence electrons. The first-order valence-electron chi connectivity index (χ1n) is 13.4. The molecule has 1 atom stereocenters. The van der Waals surface area contributed by atoms with Gasteiger partial charge in [0.1, 0.15) is 11.6 Å². The van der Waals surface area contributed by atoms with Crippen molar-refractivity contribution in [1.82, 2.24) is 19.8 Å². The van der Waals surface area contributed by atoms with Crippen molar-refractivity contribution in [3.05, 3.63) is 77.6 Å². The van der Waals surface area contributed by atoms with Crippen LogP contribution in [-0.4, -0.2) is 63.6 Å². The Morgan fingerprint density at radius 1 is 1.05 bits per heavy atom. The summed E-state index contributed by atoms with van der Waals surface area (Å²) in [7, 11) is 0. The van der Waals surface area contributed by atoms with E-state index in [2.05, 4.69) is 55.4 Å². The molecule has 1 saturated carbocycles. The van der Waals surface area contributed by atoms with E-state index >= 15 is 0 Å². The number of carbonyl (C=O) groups excluding carboxylic acids is 1. The lowest BCUT2D eigenvalue weighted by Gasteiger charge is -2.35. The van der Waals surface area contributed by atoms with Gasteiger partial charge in [0.2, 0.25) is 5.91 Å². The zero-order chi connectivity index (χ0) is 26.1. The highest BCUT2D eigenvalue weighted by molar-refractivity contribution is 7.22. The lowest BCUT2D eigenvalue weighted by atomic mass is 10.1. The quantitative estimate of drug-likeness (QED) is 0.340. The Kier molecular flexibility index (Phi) is 7.10. The van der Waals surface area contributed by atoms with Crippen LogP contribution in [0, 0.1) is 12.8 Å². The monoisotopic (exact) mass is 527 g/mol. The molecule has 3 heterocycles. The van der Waals surface area contributed by atoms with Gasteiger partial charge in [-0.05, 0) is 42.5 Å². The second-order valence-corrected chi connectivity index (χ2v) is 11.4. The first-order valence-corrected chi connectivity index (χ1v) is 14.2. The minimum absolute atomic E-state index is 0.0277. The molecule has 4 aromatic rings. The highest BCUT2D eigenvalue weighted by Gasteiger charge is 2.34. The number of anilines is 1. The van der Waals surface area contributed by atoms with Gasteiger partial charge in [0.25, 0.3) is 0 Å². The lowest BCUT2D eigenvalue weighted by Crippen LogP contribution is -2.48. The molecule has 8 heteroatoms. The Bertz CT molecular complexity index is 1410. The maximum atomic E-state index is 12.3. The van der Waals surface area contributed by atoms with Gasteiger partial charge >= 0.3 is 0 Å². The number of aliphatic hydroxyl groups excluding tert-OH is 1. The Balaban J connectivity index is 1.15. The fourth-order valence-corrected chi connectivity index (χ4v) is 6.17. The lowest BCUT2D eigenvalue weighted by molar-refractivity contribution is -0.134. The predicted molar refractivity (Wildman–Crippen MR) is 152 cm³/mol. The van der Waals surface area contributed by atoms with Crippen molar-refractivity contribution in [1.29, 1.82) is 0 Å². The van der Waals surface area contributed by atoms with Crippen LogP contribution in [0.15, 0.2) is 60.7 Å². The summed E-state index contributed by atoms with van der Waals surface area (Å²) in [5.41, 5.74) is 4.36. The number of nitrogens with zero attached hydrogens (tertiary/aromatic N) is 4. The molecule has 2 aromatic carbocycles. The summed E-state index contributed by atoms with van der Waals surface area (Å²) in [6, 6.07) is 20.6. The number of rotatable bonds is 8. The highest BCUT2D eigenvalue weighted by Crippen LogP contribution is 2.37. The summed E-state index contributed by atoms with van der Waals surface area (Å²) in [5.74, 6) is 2.12. The Labute approximate surface area is 227 Å². The predicted octanol–water partition coefficient (Wildman–Crippen LogP) is 4.87. The van der Waals surface area contributed by atoms with Crippen molar-refractivity contribution in [2.45, 2.75) is 32.4 Å². The average Bonchev–Trinajstić information content (AvgIpc) is 3.71. The van der Waals surface area contributed by atoms with E-state index in [4.69, 9.17) is 0 Å². The Morgan fingerprint density at radius 2 is 1.79 bits per heavy atom. The zero-order valence-corrected chi connectivity index (χ0v) is 22.5. The molecule has 2 N–H and O–H groups in total. The number of hydrogen-bond donors (Lipinski definition) is 2. The molecule has 2 fully saturated rings. The van der Waals surface area contributed by atoms with Crippen molar-refractivity contribution in [2.75, 3.05) is 38.1 Å². The van der Waals surface area contributed by atoms with Gasteiger partial charge in [0, 0.05) is 43.5 Å². The molecule has 1 aliphatic carbocycles. The number of aromatic nitrogens is 2. The third-order valence-electron chi connectivity index (χ3n) is 7.43. The van der Waals surface area contributed by atoms with Crippen molar-refractivity contribution < 1.29 is 9.90 Å². The number of aryl methyl sites for hydroxylation is 1. The number of carbonyl (C=O) groups is 1. The van der Waals surface area contributed by atoms with E-state index in [1.807, 2.05) is 37.3 Å². The van der Waals surface area contributed by atoms with Crippen LogP contribution >= 0.6 is 11.3 Å². The second-order valence-electron chi connectivity index (χ2n) is 10.3. The van der Waals surface area contributed by atoms with Crippen molar-refractivity contribution in [3.8, 4) is 10.4 Å². The molecule has 38 heavy (non-hydrogen) atoms. The summed E-state index contributed by atoms with van der Waals surface area (Å²) in [6.07, 6.45) is 2.15. The molecule has 2 aliphatic rings. The highest BCUT2D eigenvalue weighted by atomic mass is 32.1. The number of aliphatic hydroxyl groups is 1. The largest absolute Gasteiger partial charge is 0.394 e. The van der Waals surface area contributed by atoms with Crippen LogP contribution in [0.3, 0.4) is 0 Å². The van der Waals surface area contributed by atoms with Gasteiger partial charge in [-0.25, -0.2) is 9.97 Å². The SMILES string of the molecule is Cc1nc(N[C@H](CO)c2ccccc2)c2sc(-c3ccc(CN4CCN(C(=O)C5CC5)CC4)cc3)cc2n1. The molecule has 6 rings (SSSR count). The fraction of sp³-hybridized carbons (Fsp3) is 0.367. The van der Waals surface area contributed by atoms with Crippen LogP contribution in [0.2, 0.25) is 0 Å². The molecule has 0 spiro atoms. The minimum atomic E-state index is -0.243. The van der Waals surface area contributed by atoms with E-state index in [0.29, 0.717) is 17.6 Å². The minimum Gasteiger partial charge on any atom is -0.394 e. The maximum Gasteiger partial charge on any atom is 0.225 e. The normalized spacial score (nSPS) is 17.1. The van der Waals surface area contributed by atoms with Crippen molar-refractivity contribution in [2.24, 2.45) is 5.92 Å². The van der Waals surface area contributed by atoms with E-state index in [9.17, 15) is 9.90 Å². The van der Waals surface area contributed by atoms with E-state index in [-0.39, 0.29) is 12.6 Å². The van der Waals surface area contributed by atoms with Crippen LogP contribution < -0.4 is 5.32 Å². The Hall–Kier alpha value is -3.33. The second kappa shape index (κ2) is 10.8. The molecule has 0 radical (unpaired) electrons. The van der Waals surface area contributed by atoms with E-state index < -0.39 is 0 Å². The Morgan fingerprint density at radius 3 is 2.47 bits per heavy atom. The smallest absolute Gasteiger partial charge is 0.225 e. The number of fused-ring (bicyclic) bond motifs is 1. The van der Waals surface area contributed by atoms with Crippen LogP contribution in [0.4, 0.5) is 5.82 Å². The van der Waals surface area contributed by atoms with Gasteiger partial charge < -0.3 is 15.3 Å². The van der Waals surface area contributed by atoms with Gasteiger partial charge in [0.05, 0.1) is 22.9 Å². The zero-order valence-electron chi connectivity index (χ0n) is 21.6. The summed E-state index contributed by atoms with van der Waals surface area (Å²) in [5, 5.41) is 13.5. The third kappa shape index (κ3) is 5.43. The fourth-order valence-electron chi connectivity index (χ4n) is 5.12. The number of amides is 1. The molecular weight excluding hydrogens is 494 g/mol. The molecule has 0 unspecified atom stereocenters. The number of benzene rings is 2. The first kappa shape index (κ1) is 25.0. The topological polar surface area (TPSA) is 81.6 Å². The van der Waals surface area contributed by atoms with Gasteiger partial charge in [-0.2, -0.15) is 0 Å². The van der Waals surface area contributed by atoms with Crippen LogP contribution in [-0.2, 0) is 11.3 Å². The summed E-state index contributed by atoms with van der Waals surface area (Å²) < 4.78 is 0.989. The molecule has 1 amide bonds. The van der Waals surface area contributed by atoms with Crippen molar-refractivity contribution in [3.63, 3.8) is 0 Å².